The van der Waals surface area contributed by atoms with Gasteiger partial charge in [0, 0.05) is 13.1 Å². The number of aliphatic hydroxyl groups excluding tert-OH is 1. The molecule has 0 aromatic heterocycles. The first-order valence-corrected chi connectivity index (χ1v) is 5.60. The van der Waals surface area contributed by atoms with Crippen LogP contribution >= 0.6 is 0 Å². The highest BCUT2D eigenvalue weighted by Gasteiger charge is 2.12. The number of likely N-dealkylation sites (N-methyl/N-ethyl adjacent to an activating group) is 2. The standard InChI is InChI=1S/C13H22N2O/c1-11-5-7-12(8-6-11)13(16)15(4)10-9-14(2)3/h5-8,13,16H,9-10H2,1-4H3. The van der Waals surface area contributed by atoms with Gasteiger partial charge in [-0.25, -0.2) is 0 Å². The number of hydrogen-bond acceptors (Lipinski definition) is 3. The van der Waals surface area contributed by atoms with Crippen LogP contribution in [-0.2, 0) is 0 Å². The molecule has 0 fully saturated rings. The molecular weight excluding hydrogens is 200 g/mol. The largest absolute Gasteiger partial charge is 0.374 e. The van der Waals surface area contributed by atoms with Gasteiger partial charge in [-0.1, -0.05) is 29.8 Å². The van der Waals surface area contributed by atoms with E-state index in [1.54, 1.807) is 0 Å². The summed E-state index contributed by atoms with van der Waals surface area (Å²) < 4.78 is 0. The topological polar surface area (TPSA) is 26.7 Å². The third-order valence-electron chi connectivity index (χ3n) is 2.69. The van der Waals surface area contributed by atoms with Crippen LogP contribution in [0.15, 0.2) is 24.3 Å². The predicted molar refractivity (Wildman–Crippen MR) is 67.3 cm³/mol. The Hall–Kier alpha value is -0.900. The van der Waals surface area contributed by atoms with Crippen molar-refractivity contribution in [2.45, 2.75) is 13.2 Å². The lowest BCUT2D eigenvalue weighted by Crippen LogP contribution is -2.31. The third kappa shape index (κ3) is 3.93. The minimum atomic E-state index is -0.513. The van der Waals surface area contributed by atoms with Gasteiger partial charge in [0.15, 0.2) is 0 Å². The molecule has 0 heterocycles. The summed E-state index contributed by atoms with van der Waals surface area (Å²) in [6.07, 6.45) is -0.513. The van der Waals surface area contributed by atoms with Gasteiger partial charge in [0.05, 0.1) is 0 Å². The van der Waals surface area contributed by atoms with Crippen LogP contribution in [0.1, 0.15) is 17.4 Å². The van der Waals surface area contributed by atoms with Gasteiger partial charge in [0.2, 0.25) is 0 Å². The molecule has 0 aliphatic rings. The zero-order chi connectivity index (χ0) is 12.1. The van der Waals surface area contributed by atoms with Gasteiger partial charge in [-0.05, 0) is 33.6 Å². The Bertz CT molecular complexity index is 308. The van der Waals surface area contributed by atoms with Crippen molar-refractivity contribution in [2.24, 2.45) is 0 Å². The van der Waals surface area contributed by atoms with Crippen molar-refractivity contribution in [1.29, 1.82) is 0 Å². The van der Waals surface area contributed by atoms with Crippen molar-refractivity contribution in [1.82, 2.24) is 9.80 Å². The molecule has 1 aromatic rings. The van der Waals surface area contributed by atoms with Crippen molar-refractivity contribution in [3.05, 3.63) is 35.4 Å². The Morgan fingerprint density at radius 3 is 2.12 bits per heavy atom. The fourth-order valence-electron chi connectivity index (χ4n) is 1.47. The highest BCUT2D eigenvalue weighted by molar-refractivity contribution is 5.22. The van der Waals surface area contributed by atoms with Crippen LogP contribution in [0.4, 0.5) is 0 Å². The van der Waals surface area contributed by atoms with Crippen LogP contribution in [0.25, 0.3) is 0 Å². The number of nitrogens with zero attached hydrogens (tertiary/aromatic N) is 2. The van der Waals surface area contributed by atoms with Gasteiger partial charge in [0.25, 0.3) is 0 Å². The normalized spacial score (nSPS) is 13.4. The number of aryl methyl sites for hydroxylation is 1. The van der Waals surface area contributed by atoms with E-state index in [4.69, 9.17) is 0 Å². The Balaban J connectivity index is 2.56. The lowest BCUT2D eigenvalue weighted by molar-refractivity contribution is 0.0175. The number of benzene rings is 1. The van der Waals surface area contributed by atoms with E-state index >= 15 is 0 Å². The summed E-state index contributed by atoms with van der Waals surface area (Å²) in [6.45, 7) is 3.84. The first kappa shape index (κ1) is 13.2. The van der Waals surface area contributed by atoms with Gasteiger partial charge in [-0.2, -0.15) is 0 Å². The maximum atomic E-state index is 10.1. The number of aliphatic hydroxyl groups is 1. The highest BCUT2D eigenvalue weighted by Crippen LogP contribution is 2.16. The molecule has 0 radical (unpaired) electrons. The van der Waals surface area contributed by atoms with Crippen LogP contribution in [0.2, 0.25) is 0 Å². The summed E-state index contributed by atoms with van der Waals surface area (Å²) in [6, 6.07) is 8.01. The highest BCUT2D eigenvalue weighted by atomic mass is 16.3. The van der Waals surface area contributed by atoms with Crippen LogP contribution in [0.3, 0.4) is 0 Å². The maximum Gasteiger partial charge on any atom is 0.133 e. The zero-order valence-corrected chi connectivity index (χ0v) is 10.6. The molecule has 0 aliphatic carbocycles. The molecule has 3 nitrogen and oxygen atoms in total. The van der Waals surface area contributed by atoms with E-state index < -0.39 is 6.23 Å². The van der Waals surface area contributed by atoms with Gasteiger partial charge < -0.3 is 10.0 Å². The molecule has 0 bridgehead atoms. The summed E-state index contributed by atoms with van der Waals surface area (Å²) in [5.41, 5.74) is 2.17. The molecule has 0 amide bonds. The van der Waals surface area contributed by atoms with E-state index in [2.05, 4.69) is 4.90 Å². The van der Waals surface area contributed by atoms with Crippen molar-refractivity contribution < 1.29 is 5.11 Å². The molecule has 90 valence electrons. The number of rotatable bonds is 5. The first-order valence-electron chi connectivity index (χ1n) is 5.60. The van der Waals surface area contributed by atoms with Crippen LogP contribution < -0.4 is 0 Å². The van der Waals surface area contributed by atoms with Gasteiger partial charge in [-0.3, -0.25) is 4.90 Å². The summed E-state index contributed by atoms with van der Waals surface area (Å²) in [4.78, 5) is 4.06. The van der Waals surface area contributed by atoms with Crippen molar-refractivity contribution in [3.63, 3.8) is 0 Å². The first-order chi connectivity index (χ1) is 7.50. The Morgan fingerprint density at radius 2 is 1.62 bits per heavy atom. The van der Waals surface area contributed by atoms with E-state index in [-0.39, 0.29) is 0 Å². The molecule has 0 spiro atoms. The van der Waals surface area contributed by atoms with Crippen LogP contribution in [0, 0.1) is 6.92 Å². The smallest absolute Gasteiger partial charge is 0.133 e. The molecule has 3 heteroatoms. The molecule has 0 aliphatic heterocycles. The van der Waals surface area contributed by atoms with Crippen molar-refractivity contribution in [3.8, 4) is 0 Å². The van der Waals surface area contributed by atoms with E-state index in [9.17, 15) is 5.11 Å². The SMILES string of the molecule is Cc1ccc(C(O)N(C)CCN(C)C)cc1. The fraction of sp³-hybridized carbons (Fsp3) is 0.538. The summed E-state index contributed by atoms with van der Waals surface area (Å²) in [5.74, 6) is 0. The average Bonchev–Trinajstić information content (AvgIpc) is 2.26. The van der Waals surface area contributed by atoms with Crippen molar-refractivity contribution in [2.75, 3.05) is 34.2 Å². The molecule has 1 N–H and O–H groups in total. The second kappa shape index (κ2) is 5.99. The maximum absolute atomic E-state index is 10.1. The third-order valence-corrected chi connectivity index (χ3v) is 2.69. The second-order valence-electron chi connectivity index (χ2n) is 4.57. The Kier molecular flexibility index (Phi) is 4.93. The van der Waals surface area contributed by atoms with Crippen LogP contribution in [0.5, 0.6) is 0 Å². The van der Waals surface area contributed by atoms with Crippen LogP contribution in [-0.4, -0.2) is 49.1 Å². The van der Waals surface area contributed by atoms with Gasteiger partial charge in [0.1, 0.15) is 6.23 Å². The summed E-state index contributed by atoms with van der Waals surface area (Å²) in [5, 5.41) is 10.1. The monoisotopic (exact) mass is 222 g/mol. The Labute approximate surface area is 98.3 Å². The van der Waals surface area contributed by atoms with Crippen molar-refractivity contribution >= 4 is 0 Å². The van der Waals surface area contributed by atoms with E-state index in [1.165, 1.54) is 5.56 Å². The molecule has 0 saturated carbocycles. The fourth-order valence-corrected chi connectivity index (χ4v) is 1.47. The average molecular weight is 222 g/mol. The molecule has 16 heavy (non-hydrogen) atoms. The number of hydrogen-bond donors (Lipinski definition) is 1. The minimum Gasteiger partial charge on any atom is -0.374 e. The zero-order valence-electron chi connectivity index (χ0n) is 10.6. The van der Waals surface area contributed by atoms with Gasteiger partial charge >= 0.3 is 0 Å². The van der Waals surface area contributed by atoms with E-state index in [1.807, 2.05) is 57.2 Å². The summed E-state index contributed by atoms with van der Waals surface area (Å²) >= 11 is 0. The van der Waals surface area contributed by atoms with E-state index in [0.29, 0.717) is 0 Å². The summed E-state index contributed by atoms with van der Waals surface area (Å²) in [7, 11) is 6.01. The second-order valence-corrected chi connectivity index (χ2v) is 4.57. The molecular formula is C13H22N2O. The van der Waals surface area contributed by atoms with Gasteiger partial charge in [-0.15, -0.1) is 0 Å². The quantitative estimate of drug-likeness (QED) is 0.764. The molecule has 1 atom stereocenters. The molecule has 1 unspecified atom stereocenters. The molecule has 1 rings (SSSR count). The Morgan fingerprint density at radius 1 is 1.06 bits per heavy atom. The lowest BCUT2D eigenvalue weighted by Gasteiger charge is -2.25. The lowest BCUT2D eigenvalue weighted by atomic mass is 10.1. The predicted octanol–water partition coefficient (Wildman–Crippen LogP) is 1.48. The minimum absolute atomic E-state index is 0.513. The molecule has 0 saturated heterocycles. The molecule has 1 aromatic carbocycles. The van der Waals surface area contributed by atoms with E-state index in [0.717, 1.165) is 18.7 Å².